The minimum atomic E-state index is -1.77. The maximum Gasteiger partial charge on any atom is 0.136 e. The average Bonchev–Trinajstić information content (AvgIpc) is 2.70. The van der Waals surface area contributed by atoms with Crippen molar-refractivity contribution in [3.05, 3.63) is 103 Å². The maximum atomic E-state index is 2.52. The van der Waals surface area contributed by atoms with E-state index in [0.29, 0.717) is 0 Å². The molecule has 0 unspecified atom stereocenters. The Balaban J connectivity index is 2.22. The predicted molar refractivity (Wildman–Crippen MR) is 114 cm³/mol. The van der Waals surface area contributed by atoms with Crippen LogP contribution in [-0.2, 0) is 0 Å². The van der Waals surface area contributed by atoms with Crippen molar-refractivity contribution in [3.63, 3.8) is 0 Å². The van der Waals surface area contributed by atoms with Crippen LogP contribution in [0.25, 0.3) is 0 Å². The van der Waals surface area contributed by atoms with Gasteiger partial charge < -0.3 is 0 Å². The number of rotatable bonds is 7. The normalized spacial score (nSPS) is 11.7. The lowest BCUT2D eigenvalue weighted by Gasteiger charge is -2.24. The molecule has 0 N–H and O–H groups in total. The van der Waals surface area contributed by atoms with Crippen LogP contribution in [0.4, 0.5) is 0 Å². The van der Waals surface area contributed by atoms with Gasteiger partial charge in [0.2, 0.25) is 0 Å². The molecule has 126 valence electrons. The summed E-state index contributed by atoms with van der Waals surface area (Å²) in [5.74, 6) is 2.52. The second kappa shape index (κ2) is 8.79. The van der Waals surface area contributed by atoms with Crippen molar-refractivity contribution in [2.45, 2.75) is 26.2 Å². The van der Waals surface area contributed by atoms with Crippen LogP contribution in [0, 0.1) is 0 Å². The Morgan fingerprint density at radius 3 is 1.40 bits per heavy atom. The second-order valence-corrected chi connectivity index (χ2v) is 9.55. The number of unbranched alkanes of at least 4 members (excludes halogenated alkanes) is 2. The molecule has 0 bridgehead atoms. The average molecular weight is 345 g/mol. The number of benzene rings is 3. The number of hydrogen-bond donors (Lipinski definition) is 0. The van der Waals surface area contributed by atoms with Gasteiger partial charge in [-0.05, 0) is 55.3 Å². The molecular weight excluding hydrogens is 319 g/mol. The zero-order valence-corrected chi connectivity index (χ0v) is 15.8. The molecule has 0 saturated carbocycles. The minimum absolute atomic E-state index is 1.14. The highest BCUT2D eigenvalue weighted by Gasteiger charge is 2.42. The third-order valence-corrected chi connectivity index (χ3v) is 8.54. The van der Waals surface area contributed by atoms with Crippen molar-refractivity contribution >= 4 is 23.2 Å². The highest BCUT2D eigenvalue weighted by molar-refractivity contribution is 7.98. The molecule has 0 nitrogen and oxygen atoms in total. The van der Waals surface area contributed by atoms with Gasteiger partial charge in [0.25, 0.3) is 0 Å². The third-order valence-electron chi connectivity index (χ3n) is 4.54. The molecule has 0 spiro atoms. The van der Waals surface area contributed by atoms with Crippen LogP contribution in [0.3, 0.4) is 0 Å². The Labute approximate surface area is 152 Å². The summed E-state index contributed by atoms with van der Waals surface area (Å²) in [6, 6.07) is 33.0. The zero-order valence-electron chi connectivity index (χ0n) is 14.9. The van der Waals surface area contributed by atoms with E-state index in [1.54, 1.807) is 0 Å². The fraction of sp³-hybridized carbons (Fsp3) is 0.167. The monoisotopic (exact) mass is 345 g/mol. The molecule has 0 amide bonds. The van der Waals surface area contributed by atoms with E-state index in [4.69, 9.17) is 0 Å². The van der Waals surface area contributed by atoms with Crippen LogP contribution in [0.15, 0.2) is 103 Å². The summed E-state index contributed by atoms with van der Waals surface area (Å²) in [7, 11) is -1.77. The molecule has 3 aromatic carbocycles. The van der Waals surface area contributed by atoms with Crippen molar-refractivity contribution < 1.29 is 0 Å². The van der Waals surface area contributed by atoms with Gasteiger partial charge in [-0.2, -0.15) is 0 Å². The van der Waals surface area contributed by atoms with E-state index in [9.17, 15) is 0 Å². The predicted octanol–water partition coefficient (Wildman–Crippen LogP) is 5.68. The van der Waals surface area contributed by atoms with Gasteiger partial charge in [-0.15, -0.1) is 0 Å². The van der Waals surface area contributed by atoms with E-state index in [-0.39, 0.29) is 0 Å². The Hall–Kier alpha value is -2.17. The summed E-state index contributed by atoms with van der Waals surface area (Å²) in [6.45, 7) is 2.25. The van der Waals surface area contributed by atoms with Gasteiger partial charge in [-0.1, -0.05) is 67.9 Å². The minimum Gasteiger partial charge on any atom is -0.0654 e. The molecule has 0 fully saturated rings. The van der Waals surface area contributed by atoms with E-state index >= 15 is 0 Å². The summed E-state index contributed by atoms with van der Waals surface area (Å²) in [6.07, 6.45) is 6.03. The van der Waals surface area contributed by atoms with E-state index in [2.05, 4.69) is 110 Å². The molecule has 3 aromatic rings. The molecule has 1 heteroatoms. The molecule has 0 aliphatic carbocycles. The van der Waals surface area contributed by atoms with Gasteiger partial charge in [0.05, 0.1) is 5.82 Å². The molecular formula is C24H26P+. The number of allylic oxidation sites excluding steroid dienone is 1. The van der Waals surface area contributed by atoms with Crippen molar-refractivity contribution in [2.24, 2.45) is 0 Å². The van der Waals surface area contributed by atoms with Crippen LogP contribution < -0.4 is 15.9 Å². The van der Waals surface area contributed by atoms with Gasteiger partial charge in [-0.25, -0.2) is 0 Å². The summed E-state index contributed by atoms with van der Waals surface area (Å²) in [5.41, 5.74) is 0. The van der Waals surface area contributed by atoms with E-state index in [1.165, 1.54) is 28.8 Å². The van der Waals surface area contributed by atoms with E-state index in [0.717, 1.165) is 6.42 Å². The maximum absolute atomic E-state index is 2.52. The molecule has 0 heterocycles. The van der Waals surface area contributed by atoms with E-state index in [1.807, 2.05) is 0 Å². The summed E-state index contributed by atoms with van der Waals surface area (Å²) < 4.78 is 0. The van der Waals surface area contributed by atoms with Crippen molar-refractivity contribution in [3.8, 4) is 0 Å². The third kappa shape index (κ3) is 3.91. The molecule has 0 atom stereocenters. The Morgan fingerprint density at radius 2 is 1.04 bits per heavy atom. The molecule has 0 radical (unpaired) electrons. The molecule has 25 heavy (non-hydrogen) atoms. The lowest BCUT2D eigenvalue weighted by Crippen LogP contribution is -2.29. The molecule has 0 aromatic heterocycles. The number of hydrogen-bond acceptors (Lipinski definition) is 0. The molecule has 0 saturated heterocycles. The smallest absolute Gasteiger partial charge is 0.0654 e. The van der Waals surface area contributed by atoms with Crippen LogP contribution in [0.1, 0.15) is 26.2 Å². The second-order valence-electron chi connectivity index (χ2n) is 6.26. The zero-order chi connectivity index (χ0) is 17.4. The van der Waals surface area contributed by atoms with Gasteiger partial charge in [0, 0.05) is 0 Å². The largest absolute Gasteiger partial charge is 0.136 e. The molecule has 0 aliphatic heterocycles. The first-order valence-electron chi connectivity index (χ1n) is 9.11. The van der Waals surface area contributed by atoms with Crippen LogP contribution >= 0.6 is 7.26 Å². The van der Waals surface area contributed by atoms with Crippen LogP contribution in [0.2, 0.25) is 0 Å². The van der Waals surface area contributed by atoms with Crippen molar-refractivity contribution in [1.29, 1.82) is 0 Å². The topological polar surface area (TPSA) is 0 Å². The van der Waals surface area contributed by atoms with Crippen molar-refractivity contribution in [2.75, 3.05) is 0 Å². The van der Waals surface area contributed by atoms with Crippen LogP contribution in [-0.4, -0.2) is 0 Å². The summed E-state index contributed by atoms with van der Waals surface area (Å²) in [4.78, 5) is 0. The fourth-order valence-corrected chi connectivity index (χ4v) is 7.05. The van der Waals surface area contributed by atoms with Crippen LogP contribution in [0.5, 0.6) is 0 Å². The lowest BCUT2D eigenvalue weighted by molar-refractivity contribution is 0.815. The highest BCUT2D eigenvalue weighted by atomic mass is 31.2. The highest BCUT2D eigenvalue weighted by Crippen LogP contribution is 2.56. The first-order chi connectivity index (χ1) is 12.4. The quantitative estimate of drug-likeness (QED) is 0.381. The standard InChI is InChI=1S/C24H26P/c1-2-3-4-14-21-25(22-15-8-5-9-16-22,23-17-10-6-11-18-23)24-19-12-7-13-20-24/h5-21H,2-4H2,1H3/q+1/b21-14+. The van der Waals surface area contributed by atoms with E-state index < -0.39 is 7.26 Å². The Bertz CT molecular complexity index is 679. The SMILES string of the molecule is CCCC/C=C/[P+](c1ccccc1)(c1ccccc1)c1ccccc1. The summed E-state index contributed by atoms with van der Waals surface area (Å²) in [5, 5.41) is 4.25. The molecule has 0 aliphatic rings. The fourth-order valence-electron chi connectivity index (χ4n) is 3.25. The van der Waals surface area contributed by atoms with Gasteiger partial charge in [-0.3, -0.25) is 0 Å². The van der Waals surface area contributed by atoms with Gasteiger partial charge >= 0.3 is 0 Å². The van der Waals surface area contributed by atoms with Gasteiger partial charge in [0.1, 0.15) is 23.2 Å². The Morgan fingerprint density at radius 1 is 0.640 bits per heavy atom. The first-order valence-corrected chi connectivity index (χ1v) is 11.0. The lowest BCUT2D eigenvalue weighted by atomic mass is 10.2. The van der Waals surface area contributed by atoms with Crippen molar-refractivity contribution in [1.82, 2.24) is 0 Å². The first kappa shape index (κ1) is 17.6. The summed E-state index contributed by atoms with van der Waals surface area (Å²) >= 11 is 0. The molecule has 3 rings (SSSR count). The Kier molecular flexibility index (Phi) is 6.20. The van der Waals surface area contributed by atoms with Gasteiger partial charge in [0.15, 0.2) is 0 Å².